The second kappa shape index (κ2) is 8.87. The normalized spacial score (nSPS) is 21.2. The van der Waals surface area contributed by atoms with Crippen molar-refractivity contribution in [1.29, 1.82) is 0 Å². The van der Waals surface area contributed by atoms with Gasteiger partial charge in [-0.1, -0.05) is 38.0 Å². The van der Waals surface area contributed by atoms with Crippen LogP contribution in [0.5, 0.6) is 5.75 Å². The summed E-state index contributed by atoms with van der Waals surface area (Å²) in [5, 5.41) is 0. The summed E-state index contributed by atoms with van der Waals surface area (Å²) in [6.07, 6.45) is 9.45. The summed E-state index contributed by atoms with van der Waals surface area (Å²) in [5.74, 6) is -0.893. The number of rotatable bonds is 5. The average Bonchev–Trinajstić information content (AvgIpc) is 2.76. The number of hydrogen-bond donors (Lipinski definition) is 0. The molecule has 0 aliphatic heterocycles. The third-order valence-corrected chi connectivity index (χ3v) is 6.85. The first kappa shape index (κ1) is 21.0. The zero-order valence-corrected chi connectivity index (χ0v) is 17.7. The minimum absolute atomic E-state index is 0.101. The Morgan fingerprint density at radius 2 is 1.73 bits per heavy atom. The number of hydrogen-bond acceptors (Lipinski definition) is 1. The smallest absolute Gasteiger partial charge is 0.166 e. The number of fused-ring (bicyclic) bond motifs is 1. The Hall–Kier alpha value is -2.23. The molecule has 160 valence electrons. The van der Waals surface area contributed by atoms with Crippen LogP contribution in [0.4, 0.5) is 13.2 Å². The van der Waals surface area contributed by atoms with E-state index in [0.29, 0.717) is 29.5 Å². The minimum Gasteiger partial charge on any atom is -0.494 e. The van der Waals surface area contributed by atoms with Gasteiger partial charge in [0.15, 0.2) is 23.2 Å². The van der Waals surface area contributed by atoms with E-state index in [2.05, 4.69) is 6.92 Å². The lowest BCUT2D eigenvalue weighted by molar-refractivity contribution is 0.303. The molecule has 0 heterocycles. The predicted molar refractivity (Wildman–Crippen MR) is 115 cm³/mol. The van der Waals surface area contributed by atoms with E-state index in [0.717, 1.165) is 37.2 Å². The lowest BCUT2D eigenvalue weighted by Crippen LogP contribution is -2.15. The fourth-order valence-electron chi connectivity index (χ4n) is 5.16. The highest BCUT2D eigenvalue weighted by Gasteiger charge is 2.27. The first-order valence-corrected chi connectivity index (χ1v) is 11.1. The quantitative estimate of drug-likeness (QED) is 0.488. The molecule has 0 unspecified atom stereocenters. The molecule has 2 aromatic rings. The summed E-state index contributed by atoms with van der Waals surface area (Å²) in [7, 11) is 1.44. The van der Waals surface area contributed by atoms with E-state index < -0.39 is 17.5 Å². The minimum atomic E-state index is -0.771. The van der Waals surface area contributed by atoms with Crippen LogP contribution in [0.1, 0.15) is 80.0 Å². The highest BCUT2D eigenvalue weighted by molar-refractivity contribution is 5.85. The van der Waals surface area contributed by atoms with Crippen molar-refractivity contribution in [2.75, 3.05) is 7.11 Å². The van der Waals surface area contributed by atoms with E-state index in [9.17, 15) is 4.39 Å². The van der Waals surface area contributed by atoms with Crippen LogP contribution >= 0.6 is 0 Å². The standard InChI is InChI=1S/C26H29F3O/c1-3-4-16-5-7-17(8-6-16)21-11-12-22(26(29)25(21)28)19-10-9-18-15-24(30-2)23(27)14-20(18)13-19/h11-17H,3-10H2,1-2H3. The third-order valence-electron chi connectivity index (χ3n) is 6.85. The zero-order valence-electron chi connectivity index (χ0n) is 17.7. The van der Waals surface area contributed by atoms with Crippen molar-refractivity contribution in [2.45, 2.75) is 64.2 Å². The highest BCUT2D eigenvalue weighted by Crippen LogP contribution is 2.41. The molecular formula is C26H29F3O. The second-order valence-electron chi connectivity index (χ2n) is 8.69. The topological polar surface area (TPSA) is 9.23 Å². The largest absolute Gasteiger partial charge is 0.494 e. The van der Waals surface area contributed by atoms with E-state index in [4.69, 9.17) is 4.74 Å². The predicted octanol–water partition coefficient (Wildman–Crippen LogP) is 7.67. The number of halogens is 3. The molecule has 1 fully saturated rings. The molecule has 0 radical (unpaired) electrons. The first-order chi connectivity index (χ1) is 14.5. The van der Waals surface area contributed by atoms with E-state index in [1.54, 1.807) is 24.3 Å². The van der Waals surface area contributed by atoms with Gasteiger partial charge in [0.25, 0.3) is 0 Å². The van der Waals surface area contributed by atoms with Crippen molar-refractivity contribution in [2.24, 2.45) is 5.92 Å². The Bertz CT molecular complexity index is 955. The molecule has 2 aliphatic carbocycles. The van der Waals surface area contributed by atoms with E-state index in [1.165, 1.54) is 26.0 Å². The summed E-state index contributed by atoms with van der Waals surface area (Å²) in [6, 6.07) is 6.57. The maximum Gasteiger partial charge on any atom is 0.166 e. The molecule has 0 saturated heterocycles. The monoisotopic (exact) mass is 414 g/mol. The number of methoxy groups -OCH3 is 1. The van der Waals surface area contributed by atoms with Gasteiger partial charge in [-0.3, -0.25) is 0 Å². The van der Waals surface area contributed by atoms with Gasteiger partial charge in [-0.2, -0.15) is 0 Å². The van der Waals surface area contributed by atoms with Gasteiger partial charge in [-0.15, -0.1) is 0 Å². The Balaban J connectivity index is 1.59. The molecule has 0 N–H and O–H groups in total. The van der Waals surface area contributed by atoms with Gasteiger partial charge >= 0.3 is 0 Å². The SMILES string of the molecule is CCCC1CCC(c2ccc(C3=Cc4cc(F)c(OC)cc4CC3)c(F)c2F)CC1. The molecule has 2 aliphatic rings. The van der Waals surface area contributed by atoms with E-state index in [-0.39, 0.29) is 17.2 Å². The summed E-state index contributed by atoms with van der Waals surface area (Å²) < 4.78 is 49.2. The number of ether oxygens (including phenoxy) is 1. The molecule has 0 amide bonds. The van der Waals surface area contributed by atoms with Crippen molar-refractivity contribution >= 4 is 11.6 Å². The molecule has 4 rings (SSSR count). The van der Waals surface area contributed by atoms with Crippen LogP contribution in [-0.4, -0.2) is 7.11 Å². The van der Waals surface area contributed by atoms with Gasteiger partial charge in [0.1, 0.15) is 0 Å². The molecule has 0 atom stereocenters. The molecule has 30 heavy (non-hydrogen) atoms. The second-order valence-corrected chi connectivity index (χ2v) is 8.69. The Morgan fingerprint density at radius 1 is 0.967 bits per heavy atom. The molecule has 1 saturated carbocycles. The van der Waals surface area contributed by atoms with Crippen molar-refractivity contribution in [3.63, 3.8) is 0 Å². The van der Waals surface area contributed by atoms with Crippen LogP contribution in [0, 0.1) is 23.4 Å². The van der Waals surface area contributed by atoms with Gasteiger partial charge in [0, 0.05) is 5.56 Å². The molecule has 4 heteroatoms. The molecular weight excluding hydrogens is 385 g/mol. The average molecular weight is 415 g/mol. The highest BCUT2D eigenvalue weighted by atomic mass is 19.2. The Labute approximate surface area is 177 Å². The van der Waals surface area contributed by atoms with Crippen LogP contribution in [0.25, 0.3) is 11.6 Å². The summed E-state index contributed by atoms with van der Waals surface area (Å²) in [5.41, 5.74) is 3.17. The number of aryl methyl sites for hydroxylation is 1. The summed E-state index contributed by atoms with van der Waals surface area (Å²) in [6.45, 7) is 2.20. The van der Waals surface area contributed by atoms with Crippen molar-refractivity contribution < 1.29 is 17.9 Å². The summed E-state index contributed by atoms with van der Waals surface area (Å²) in [4.78, 5) is 0. The number of benzene rings is 2. The van der Waals surface area contributed by atoms with E-state index >= 15 is 8.78 Å². The lowest BCUT2D eigenvalue weighted by atomic mass is 9.76. The maximum atomic E-state index is 15.1. The molecule has 2 aromatic carbocycles. The van der Waals surface area contributed by atoms with Crippen LogP contribution in [-0.2, 0) is 6.42 Å². The van der Waals surface area contributed by atoms with Crippen molar-refractivity contribution in [3.8, 4) is 5.75 Å². The molecule has 1 nitrogen and oxygen atoms in total. The van der Waals surface area contributed by atoms with Gasteiger partial charge < -0.3 is 4.74 Å². The zero-order chi connectivity index (χ0) is 21.3. The molecule has 0 spiro atoms. The van der Waals surface area contributed by atoms with Crippen LogP contribution < -0.4 is 4.74 Å². The Morgan fingerprint density at radius 3 is 2.43 bits per heavy atom. The number of allylic oxidation sites excluding steroid dienone is 1. The fraction of sp³-hybridized carbons (Fsp3) is 0.462. The molecule has 0 bridgehead atoms. The lowest BCUT2D eigenvalue weighted by Gasteiger charge is -2.29. The summed E-state index contributed by atoms with van der Waals surface area (Å²) >= 11 is 0. The fourth-order valence-corrected chi connectivity index (χ4v) is 5.16. The van der Waals surface area contributed by atoms with Crippen LogP contribution in [0.15, 0.2) is 24.3 Å². The van der Waals surface area contributed by atoms with Gasteiger partial charge in [0.05, 0.1) is 7.11 Å². The van der Waals surface area contributed by atoms with Crippen molar-refractivity contribution in [3.05, 3.63) is 64.0 Å². The van der Waals surface area contributed by atoms with Gasteiger partial charge in [0.2, 0.25) is 0 Å². The first-order valence-electron chi connectivity index (χ1n) is 11.1. The maximum absolute atomic E-state index is 15.1. The third kappa shape index (κ3) is 4.01. The van der Waals surface area contributed by atoms with Gasteiger partial charge in [-0.05, 0) is 84.8 Å². The van der Waals surface area contributed by atoms with Crippen LogP contribution in [0.2, 0.25) is 0 Å². The van der Waals surface area contributed by atoms with Crippen LogP contribution in [0.3, 0.4) is 0 Å². The van der Waals surface area contributed by atoms with Crippen molar-refractivity contribution in [1.82, 2.24) is 0 Å². The Kier molecular flexibility index (Phi) is 6.21. The molecule has 0 aromatic heterocycles. The van der Waals surface area contributed by atoms with Gasteiger partial charge in [-0.25, -0.2) is 13.2 Å². The van der Waals surface area contributed by atoms with E-state index in [1.807, 2.05) is 0 Å².